The Morgan fingerprint density at radius 1 is 0.976 bits per heavy atom. The Balaban J connectivity index is 1.06. The quantitative estimate of drug-likeness (QED) is 0.366. The van der Waals surface area contributed by atoms with Crippen molar-refractivity contribution >= 4 is 17.5 Å². The number of likely N-dealkylation sites (tertiary alicyclic amines) is 1. The first-order valence-corrected chi connectivity index (χ1v) is 17.0. The second-order valence-electron chi connectivity index (χ2n) is 15.3. The standard InChI is InChI=1S/C35H52ClNO4/c1-22(4-13-32(40)37-18-16-35(41,17-19-37)23-5-8-25(36)9-6-23)28-11-12-29-27-10-7-24-20-26(38)14-15-33(24,2)30(27)21-31(39)34(28,29)3/h5-6,8-9,22,24,26-31,38-39,41H,4,7,10-21H2,1-3H3/t22-,24+,26-,27+,28+,29-,30-,31+,33+,34-/m1/s1. The van der Waals surface area contributed by atoms with Crippen molar-refractivity contribution in [3.8, 4) is 0 Å². The van der Waals surface area contributed by atoms with Crippen molar-refractivity contribution in [2.75, 3.05) is 13.1 Å². The number of nitrogens with zero attached hydrogens (tertiary/aromatic N) is 1. The zero-order valence-corrected chi connectivity index (χ0v) is 26.2. The van der Waals surface area contributed by atoms with E-state index < -0.39 is 5.60 Å². The molecule has 6 rings (SSSR count). The monoisotopic (exact) mass is 585 g/mol. The molecule has 4 saturated carbocycles. The van der Waals surface area contributed by atoms with Crippen molar-refractivity contribution in [1.82, 2.24) is 4.90 Å². The van der Waals surface area contributed by atoms with Gasteiger partial charge in [-0.2, -0.15) is 0 Å². The van der Waals surface area contributed by atoms with Crippen molar-refractivity contribution in [3.05, 3.63) is 34.9 Å². The lowest BCUT2D eigenvalue weighted by Crippen LogP contribution is -2.58. The fraction of sp³-hybridized carbons (Fsp3) is 0.800. The molecule has 6 heteroatoms. The summed E-state index contributed by atoms with van der Waals surface area (Å²) in [6.45, 7) is 8.34. The van der Waals surface area contributed by atoms with Crippen LogP contribution in [-0.4, -0.2) is 51.4 Å². The van der Waals surface area contributed by atoms with Gasteiger partial charge < -0.3 is 20.2 Å². The number of carbonyl (C=O) groups is 1. The number of fused-ring (bicyclic) bond motifs is 5. The normalized spacial score (nSPS) is 42.6. The molecule has 0 spiro atoms. The number of aliphatic hydroxyl groups excluding tert-OH is 2. The van der Waals surface area contributed by atoms with Gasteiger partial charge in [0.05, 0.1) is 17.8 Å². The van der Waals surface area contributed by atoms with Gasteiger partial charge in [0, 0.05) is 24.5 Å². The van der Waals surface area contributed by atoms with Crippen molar-refractivity contribution in [2.24, 2.45) is 46.3 Å². The topological polar surface area (TPSA) is 81.0 Å². The van der Waals surface area contributed by atoms with Crippen LogP contribution in [0.5, 0.6) is 0 Å². The highest BCUT2D eigenvalue weighted by Gasteiger charge is 2.63. The first-order chi connectivity index (χ1) is 19.5. The Bertz CT molecular complexity index is 1100. The largest absolute Gasteiger partial charge is 0.393 e. The van der Waals surface area contributed by atoms with Gasteiger partial charge in [-0.1, -0.05) is 44.5 Å². The van der Waals surface area contributed by atoms with Gasteiger partial charge in [0.25, 0.3) is 0 Å². The van der Waals surface area contributed by atoms with Crippen LogP contribution in [0, 0.1) is 46.3 Å². The average Bonchev–Trinajstić information content (AvgIpc) is 3.32. The molecule has 228 valence electrons. The minimum atomic E-state index is -0.898. The number of amides is 1. The molecule has 10 atom stereocenters. The molecular formula is C35H52ClNO4. The lowest BCUT2D eigenvalue weighted by atomic mass is 9.43. The second kappa shape index (κ2) is 11.1. The Morgan fingerprint density at radius 2 is 1.68 bits per heavy atom. The van der Waals surface area contributed by atoms with Gasteiger partial charge in [0.2, 0.25) is 5.91 Å². The maximum Gasteiger partial charge on any atom is 0.222 e. The Kier molecular flexibility index (Phi) is 8.09. The third-order valence-electron chi connectivity index (χ3n) is 13.6. The summed E-state index contributed by atoms with van der Waals surface area (Å²) < 4.78 is 0. The summed E-state index contributed by atoms with van der Waals surface area (Å²) in [4.78, 5) is 15.2. The number of hydrogen-bond acceptors (Lipinski definition) is 4. The molecule has 0 bridgehead atoms. The third-order valence-corrected chi connectivity index (χ3v) is 13.9. The molecule has 1 aliphatic heterocycles. The number of rotatable bonds is 5. The third kappa shape index (κ3) is 5.09. The van der Waals surface area contributed by atoms with Gasteiger partial charge in [-0.05, 0) is 135 Å². The molecular weight excluding hydrogens is 534 g/mol. The van der Waals surface area contributed by atoms with Crippen LogP contribution in [0.4, 0.5) is 0 Å². The number of piperidine rings is 1. The summed E-state index contributed by atoms with van der Waals surface area (Å²) >= 11 is 6.03. The Hall–Kier alpha value is -1.14. The molecule has 4 aliphatic carbocycles. The molecule has 1 aromatic carbocycles. The Morgan fingerprint density at radius 3 is 2.39 bits per heavy atom. The van der Waals surface area contributed by atoms with Gasteiger partial charge >= 0.3 is 0 Å². The summed E-state index contributed by atoms with van der Waals surface area (Å²) in [5.41, 5.74) is 0.171. The number of benzene rings is 1. The predicted octanol–water partition coefficient (Wildman–Crippen LogP) is 6.56. The van der Waals surface area contributed by atoms with Gasteiger partial charge in [0.1, 0.15) is 0 Å². The van der Waals surface area contributed by atoms with Gasteiger partial charge in [0.15, 0.2) is 0 Å². The van der Waals surface area contributed by atoms with Crippen LogP contribution in [-0.2, 0) is 10.4 Å². The van der Waals surface area contributed by atoms with E-state index in [1.165, 1.54) is 19.3 Å². The zero-order valence-electron chi connectivity index (χ0n) is 25.4. The molecule has 1 aromatic rings. The van der Waals surface area contributed by atoms with Crippen LogP contribution < -0.4 is 0 Å². The van der Waals surface area contributed by atoms with Crippen LogP contribution in [0.15, 0.2) is 24.3 Å². The highest BCUT2D eigenvalue weighted by molar-refractivity contribution is 6.30. The van der Waals surface area contributed by atoms with Crippen molar-refractivity contribution in [1.29, 1.82) is 0 Å². The smallest absolute Gasteiger partial charge is 0.222 e. The lowest BCUT2D eigenvalue weighted by Gasteiger charge is -2.62. The second-order valence-corrected chi connectivity index (χ2v) is 15.8. The predicted molar refractivity (Wildman–Crippen MR) is 162 cm³/mol. The van der Waals surface area contributed by atoms with E-state index in [1.54, 1.807) is 0 Å². The molecule has 1 heterocycles. The summed E-state index contributed by atoms with van der Waals surface area (Å²) in [5.74, 6) is 3.47. The van der Waals surface area contributed by atoms with E-state index in [9.17, 15) is 20.1 Å². The first kappa shape index (κ1) is 29.9. The molecule has 0 aromatic heterocycles. The zero-order chi connectivity index (χ0) is 29.2. The van der Waals surface area contributed by atoms with E-state index in [0.717, 1.165) is 44.1 Å². The molecule has 0 radical (unpaired) electrons. The first-order valence-electron chi connectivity index (χ1n) is 16.6. The summed E-state index contributed by atoms with van der Waals surface area (Å²) in [5, 5.41) is 34.1. The minimum absolute atomic E-state index is 0.0683. The van der Waals surface area contributed by atoms with Crippen LogP contribution in [0.25, 0.3) is 0 Å². The van der Waals surface area contributed by atoms with Crippen LogP contribution in [0.1, 0.15) is 103 Å². The van der Waals surface area contributed by atoms with Crippen molar-refractivity contribution in [2.45, 2.75) is 116 Å². The van der Waals surface area contributed by atoms with Gasteiger partial charge in [-0.15, -0.1) is 0 Å². The lowest BCUT2D eigenvalue weighted by molar-refractivity contribution is -0.175. The fourth-order valence-corrected chi connectivity index (χ4v) is 11.2. The molecule has 1 saturated heterocycles. The molecule has 3 N–H and O–H groups in total. The van der Waals surface area contributed by atoms with E-state index in [1.807, 2.05) is 29.2 Å². The van der Waals surface area contributed by atoms with E-state index in [-0.39, 0.29) is 28.9 Å². The number of aliphatic hydroxyl groups is 3. The van der Waals surface area contributed by atoms with E-state index in [0.29, 0.717) is 72.9 Å². The molecule has 0 unspecified atom stereocenters. The highest BCUT2D eigenvalue weighted by atomic mass is 35.5. The minimum Gasteiger partial charge on any atom is -0.393 e. The maximum absolute atomic E-state index is 13.3. The summed E-state index contributed by atoms with van der Waals surface area (Å²) in [6.07, 6.45) is 10.8. The fourth-order valence-electron chi connectivity index (χ4n) is 11.0. The van der Waals surface area contributed by atoms with Gasteiger partial charge in [-0.25, -0.2) is 0 Å². The van der Waals surface area contributed by atoms with Crippen LogP contribution >= 0.6 is 11.6 Å². The average molecular weight is 586 g/mol. The molecule has 5 fully saturated rings. The van der Waals surface area contributed by atoms with Gasteiger partial charge in [-0.3, -0.25) is 4.79 Å². The summed E-state index contributed by atoms with van der Waals surface area (Å²) in [6, 6.07) is 7.42. The number of hydrogen-bond donors (Lipinski definition) is 3. The summed E-state index contributed by atoms with van der Waals surface area (Å²) in [7, 11) is 0. The van der Waals surface area contributed by atoms with Crippen LogP contribution in [0.3, 0.4) is 0 Å². The van der Waals surface area contributed by atoms with E-state index in [4.69, 9.17) is 11.6 Å². The molecule has 1 amide bonds. The SMILES string of the molecule is C[C@H](CCC(=O)N1CCC(O)(c2ccc(Cl)cc2)CC1)[C@@H]1CC[C@@H]2[C@@H]3CC[C@H]4C[C@H](O)CC[C@]4(C)[C@@H]3C[C@H](O)[C@@]21C. The van der Waals surface area contributed by atoms with E-state index >= 15 is 0 Å². The Labute approximate surface area is 252 Å². The van der Waals surface area contributed by atoms with Crippen molar-refractivity contribution < 1.29 is 20.1 Å². The van der Waals surface area contributed by atoms with E-state index in [2.05, 4.69) is 20.8 Å². The van der Waals surface area contributed by atoms with Crippen LogP contribution in [0.2, 0.25) is 5.02 Å². The molecule has 5 aliphatic rings. The molecule has 41 heavy (non-hydrogen) atoms. The molecule has 5 nitrogen and oxygen atoms in total. The number of halogens is 1. The highest BCUT2D eigenvalue weighted by Crippen LogP contribution is 2.68. The number of carbonyl (C=O) groups excluding carboxylic acids is 1. The maximum atomic E-state index is 13.3. The van der Waals surface area contributed by atoms with Crippen molar-refractivity contribution in [3.63, 3.8) is 0 Å².